The molecule has 18 heavy (non-hydrogen) atoms. The van der Waals surface area contributed by atoms with Crippen LogP contribution in [0.2, 0.25) is 0 Å². The number of nitrogens with one attached hydrogen (secondary N) is 1. The lowest BCUT2D eigenvalue weighted by atomic mass is 10.1. The quantitative estimate of drug-likeness (QED) is 0.783. The van der Waals surface area contributed by atoms with Crippen LogP contribution in [0.15, 0.2) is 18.2 Å². The smallest absolute Gasteiger partial charge is 0.364 e. The standard InChI is InChI=1S/C12H14F4N2/c1-8-7-17-4-5-18(8)11-6-9(12(14,15)16)2-3-10(11)13/h2-3,6,8,17H,4-5,7H2,1H3. The third-order valence-electron chi connectivity index (χ3n) is 3.08. The van der Waals surface area contributed by atoms with Gasteiger partial charge in [0.1, 0.15) is 5.82 Å². The van der Waals surface area contributed by atoms with Gasteiger partial charge in [0.25, 0.3) is 0 Å². The van der Waals surface area contributed by atoms with Crippen molar-refractivity contribution in [2.75, 3.05) is 24.5 Å². The minimum absolute atomic E-state index is 0.0267. The van der Waals surface area contributed by atoms with Crippen molar-refractivity contribution < 1.29 is 17.6 Å². The summed E-state index contributed by atoms with van der Waals surface area (Å²) in [6, 6.07) is 2.51. The van der Waals surface area contributed by atoms with Crippen LogP contribution in [-0.4, -0.2) is 25.7 Å². The number of nitrogens with zero attached hydrogens (tertiary/aromatic N) is 1. The molecule has 1 unspecified atom stereocenters. The van der Waals surface area contributed by atoms with Gasteiger partial charge in [0.05, 0.1) is 11.3 Å². The maximum Gasteiger partial charge on any atom is 0.416 e. The van der Waals surface area contributed by atoms with Crippen LogP contribution in [0.3, 0.4) is 0 Å². The molecule has 0 amide bonds. The van der Waals surface area contributed by atoms with Gasteiger partial charge in [-0.05, 0) is 25.1 Å². The van der Waals surface area contributed by atoms with Gasteiger partial charge in [0.2, 0.25) is 0 Å². The maximum atomic E-state index is 13.7. The van der Waals surface area contributed by atoms with Crippen molar-refractivity contribution in [1.82, 2.24) is 5.32 Å². The Morgan fingerprint density at radius 2 is 2.06 bits per heavy atom. The Hall–Kier alpha value is -1.30. The van der Waals surface area contributed by atoms with E-state index in [0.29, 0.717) is 19.6 Å². The van der Waals surface area contributed by atoms with Crippen LogP contribution in [0.1, 0.15) is 12.5 Å². The lowest BCUT2D eigenvalue weighted by molar-refractivity contribution is -0.137. The summed E-state index contributed by atoms with van der Waals surface area (Å²) >= 11 is 0. The van der Waals surface area contributed by atoms with E-state index in [-0.39, 0.29) is 11.7 Å². The molecular weight excluding hydrogens is 248 g/mol. The van der Waals surface area contributed by atoms with E-state index in [2.05, 4.69) is 5.32 Å². The average molecular weight is 262 g/mol. The van der Waals surface area contributed by atoms with E-state index < -0.39 is 17.6 Å². The monoisotopic (exact) mass is 262 g/mol. The summed E-state index contributed by atoms with van der Waals surface area (Å²) < 4.78 is 51.5. The number of anilines is 1. The SMILES string of the molecule is CC1CNCCN1c1cc(C(F)(F)F)ccc1F. The number of halogens is 4. The Morgan fingerprint density at radius 1 is 1.33 bits per heavy atom. The van der Waals surface area contributed by atoms with Crippen LogP contribution in [0.4, 0.5) is 23.2 Å². The Labute approximate surface area is 103 Å². The Bertz CT molecular complexity index is 431. The molecule has 1 aromatic carbocycles. The van der Waals surface area contributed by atoms with Crippen LogP contribution in [0.5, 0.6) is 0 Å². The molecule has 2 nitrogen and oxygen atoms in total. The van der Waals surface area contributed by atoms with Gasteiger partial charge in [0.15, 0.2) is 0 Å². The summed E-state index contributed by atoms with van der Waals surface area (Å²) in [5, 5.41) is 3.11. The molecule has 0 bridgehead atoms. The van der Waals surface area contributed by atoms with Gasteiger partial charge in [-0.1, -0.05) is 0 Å². The van der Waals surface area contributed by atoms with Gasteiger partial charge >= 0.3 is 6.18 Å². The van der Waals surface area contributed by atoms with E-state index in [0.717, 1.165) is 18.2 Å². The first kappa shape index (κ1) is 13.1. The molecule has 1 saturated heterocycles. The summed E-state index contributed by atoms with van der Waals surface area (Å²) in [5.74, 6) is -0.614. The minimum Gasteiger partial charge on any atom is -0.364 e. The van der Waals surface area contributed by atoms with E-state index >= 15 is 0 Å². The molecule has 1 aliphatic heterocycles. The van der Waals surface area contributed by atoms with Gasteiger partial charge in [-0.2, -0.15) is 13.2 Å². The van der Waals surface area contributed by atoms with Crippen LogP contribution in [0.25, 0.3) is 0 Å². The number of benzene rings is 1. The molecule has 100 valence electrons. The molecule has 0 aliphatic carbocycles. The van der Waals surface area contributed by atoms with Crippen LogP contribution in [0, 0.1) is 5.82 Å². The normalized spacial score (nSPS) is 21.2. The molecule has 0 spiro atoms. The zero-order chi connectivity index (χ0) is 13.3. The second kappa shape index (κ2) is 4.76. The van der Waals surface area contributed by atoms with Crippen LogP contribution >= 0.6 is 0 Å². The molecular formula is C12H14F4N2. The van der Waals surface area contributed by atoms with E-state index in [4.69, 9.17) is 0 Å². The third kappa shape index (κ3) is 2.58. The second-order valence-corrected chi connectivity index (χ2v) is 4.41. The maximum absolute atomic E-state index is 13.7. The average Bonchev–Trinajstić information content (AvgIpc) is 2.29. The summed E-state index contributed by atoms with van der Waals surface area (Å²) in [6.45, 7) is 3.63. The van der Waals surface area contributed by atoms with Gasteiger partial charge in [-0.3, -0.25) is 0 Å². The van der Waals surface area contributed by atoms with Gasteiger partial charge < -0.3 is 10.2 Å². The highest BCUT2D eigenvalue weighted by Crippen LogP contribution is 2.33. The first-order valence-electron chi connectivity index (χ1n) is 5.73. The van der Waals surface area contributed by atoms with E-state index in [9.17, 15) is 17.6 Å². The first-order chi connectivity index (χ1) is 8.39. The lowest BCUT2D eigenvalue weighted by Gasteiger charge is -2.36. The van der Waals surface area contributed by atoms with E-state index in [1.807, 2.05) is 6.92 Å². The molecule has 1 N–H and O–H groups in total. The van der Waals surface area contributed by atoms with E-state index in [1.54, 1.807) is 4.90 Å². The predicted octanol–water partition coefficient (Wildman–Crippen LogP) is 2.64. The molecule has 1 heterocycles. The summed E-state index contributed by atoms with van der Waals surface area (Å²) in [4.78, 5) is 1.67. The molecule has 2 rings (SSSR count). The van der Waals surface area contributed by atoms with Gasteiger partial charge in [0, 0.05) is 25.7 Å². The van der Waals surface area contributed by atoms with Gasteiger partial charge in [-0.25, -0.2) is 4.39 Å². The summed E-state index contributed by atoms with van der Waals surface area (Å²) in [5.41, 5.74) is -0.788. The van der Waals surface area contributed by atoms with Crippen molar-refractivity contribution >= 4 is 5.69 Å². The fraction of sp³-hybridized carbons (Fsp3) is 0.500. The van der Waals surface area contributed by atoms with Crippen LogP contribution < -0.4 is 10.2 Å². The number of alkyl halides is 3. The lowest BCUT2D eigenvalue weighted by Crippen LogP contribution is -2.50. The molecule has 1 aliphatic rings. The molecule has 1 fully saturated rings. The highest BCUT2D eigenvalue weighted by Gasteiger charge is 2.32. The first-order valence-corrected chi connectivity index (χ1v) is 5.73. The highest BCUT2D eigenvalue weighted by atomic mass is 19.4. The van der Waals surface area contributed by atoms with Crippen LogP contribution in [-0.2, 0) is 6.18 Å². The van der Waals surface area contributed by atoms with Crippen molar-refractivity contribution in [2.24, 2.45) is 0 Å². The largest absolute Gasteiger partial charge is 0.416 e. The Morgan fingerprint density at radius 3 is 2.67 bits per heavy atom. The number of rotatable bonds is 1. The summed E-state index contributed by atoms with van der Waals surface area (Å²) in [6.07, 6.45) is -4.44. The van der Waals surface area contributed by atoms with E-state index in [1.165, 1.54) is 0 Å². The number of piperazine rings is 1. The fourth-order valence-electron chi connectivity index (χ4n) is 2.11. The highest BCUT2D eigenvalue weighted by molar-refractivity contribution is 5.52. The predicted molar refractivity (Wildman–Crippen MR) is 61.1 cm³/mol. The van der Waals surface area contributed by atoms with Crippen molar-refractivity contribution in [3.8, 4) is 0 Å². The minimum atomic E-state index is -4.44. The zero-order valence-electron chi connectivity index (χ0n) is 9.89. The van der Waals surface area contributed by atoms with Crippen molar-refractivity contribution in [1.29, 1.82) is 0 Å². The summed E-state index contributed by atoms with van der Waals surface area (Å²) in [7, 11) is 0. The number of hydrogen-bond donors (Lipinski definition) is 1. The molecule has 0 saturated carbocycles. The fourth-order valence-corrected chi connectivity index (χ4v) is 2.11. The van der Waals surface area contributed by atoms with Crippen molar-refractivity contribution in [3.63, 3.8) is 0 Å². The topological polar surface area (TPSA) is 15.3 Å². The molecule has 0 aromatic heterocycles. The third-order valence-corrected chi connectivity index (χ3v) is 3.08. The molecule has 1 atom stereocenters. The second-order valence-electron chi connectivity index (χ2n) is 4.41. The Balaban J connectivity index is 2.37. The molecule has 0 radical (unpaired) electrons. The molecule has 1 aromatic rings. The Kier molecular flexibility index (Phi) is 3.47. The van der Waals surface area contributed by atoms with Crippen molar-refractivity contribution in [2.45, 2.75) is 19.1 Å². The van der Waals surface area contributed by atoms with Gasteiger partial charge in [-0.15, -0.1) is 0 Å². The molecule has 6 heteroatoms. The van der Waals surface area contributed by atoms with Crippen molar-refractivity contribution in [3.05, 3.63) is 29.6 Å². The zero-order valence-corrected chi connectivity index (χ0v) is 9.89. The number of hydrogen-bond acceptors (Lipinski definition) is 2.